The summed E-state index contributed by atoms with van der Waals surface area (Å²) in [5.74, 6) is 0.286. The van der Waals surface area contributed by atoms with Crippen LogP contribution >= 0.6 is 38.5 Å². The van der Waals surface area contributed by atoms with Gasteiger partial charge in [-0.3, -0.25) is 4.79 Å². The molecule has 0 saturated carbocycles. The van der Waals surface area contributed by atoms with Crippen LogP contribution in [0.25, 0.3) is 6.08 Å². The van der Waals surface area contributed by atoms with Crippen LogP contribution in [0.5, 0.6) is 5.75 Å². The van der Waals surface area contributed by atoms with E-state index in [1.54, 1.807) is 13.2 Å². The lowest BCUT2D eigenvalue weighted by Gasteiger charge is -2.10. The van der Waals surface area contributed by atoms with Crippen LogP contribution in [0.3, 0.4) is 0 Å². The van der Waals surface area contributed by atoms with E-state index in [0.29, 0.717) is 5.69 Å². The summed E-state index contributed by atoms with van der Waals surface area (Å²) in [4.78, 5) is 12.5. The molecule has 128 valence electrons. The Morgan fingerprint density at radius 3 is 2.64 bits per heavy atom. The van der Waals surface area contributed by atoms with Crippen molar-refractivity contribution in [2.75, 3.05) is 12.4 Å². The monoisotopic (exact) mass is 510 g/mol. The van der Waals surface area contributed by atoms with Gasteiger partial charge in [0.05, 0.1) is 15.2 Å². The summed E-state index contributed by atoms with van der Waals surface area (Å²) in [6, 6.07) is 11.4. The van der Waals surface area contributed by atoms with Crippen molar-refractivity contribution in [3.63, 3.8) is 0 Å². The van der Waals surface area contributed by atoms with E-state index in [1.807, 2.05) is 50.2 Å². The van der Waals surface area contributed by atoms with Gasteiger partial charge < -0.3 is 10.1 Å². The van der Waals surface area contributed by atoms with Crippen molar-refractivity contribution in [2.45, 2.75) is 13.8 Å². The number of amides is 1. The molecule has 1 amide bonds. The van der Waals surface area contributed by atoms with E-state index in [0.717, 1.165) is 30.5 Å². The minimum Gasteiger partial charge on any atom is -0.494 e. The highest BCUT2D eigenvalue weighted by Crippen LogP contribution is 2.32. The molecule has 0 heterocycles. The lowest BCUT2D eigenvalue weighted by molar-refractivity contribution is -0.112. The lowest BCUT2D eigenvalue weighted by Crippen LogP contribution is -2.14. The fourth-order valence-electron chi connectivity index (χ4n) is 2.23. The van der Waals surface area contributed by atoms with Crippen LogP contribution in [-0.4, -0.2) is 13.0 Å². The summed E-state index contributed by atoms with van der Waals surface area (Å²) in [6.45, 7) is 3.86. The number of carbonyl (C=O) groups excluding carboxylic acids is 1. The SMILES string of the molecule is COc1c(Br)cc(/C=C(\C#N)C(=O)Nc2cc(C)ccc2C)cc1I. The Labute approximate surface area is 169 Å². The average Bonchev–Trinajstić information content (AvgIpc) is 2.55. The van der Waals surface area contributed by atoms with Crippen molar-refractivity contribution in [2.24, 2.45) is 0 Å². The third-order valence-corrected chi connectivity index (χ3v) is 4.93. The zero-order valence-electron chi connectivity index (χ0n) is 14.0. The summed E-state index contributed by atoms with van der Waals surface area (Å²) < 4.78 is 6.94. The molecule has 6 heteroatoms. The van der Waals surface area contributed by atoms with E-state index in [9.17, 15) is 10.1 Å². The number of nitrogens with one attached hydrogen (secondary N) is 1. The molecule has 0 unspecified atom stereocenters. The maximum absolute atomic E-state index is 12.5. The van der Waals surface area contributed by atoms with Crippen LogP contribution in [0.2, 0.25) is 0 Å². The van der Waals surface area contributed by atoms with E-state index in [1.165, 1.54) is 0 Å². The third kappa shape index (κ3) is 4.83. The van der Waals surface area contributed by atoms with Gasteiger partial charge in [0.25, 0.3) is 5.91 Å². The third-order valence-electron chi connectivity index (χ3n) is 3.54. The molecule has 2 aromatic rings. The topological polar surface area (TPSA) is 62.1 Å². The number of hydrogen-bond acceptors (Lipinski definition) is 3. The molecular weight excluding hydrogens is 495 g/mol. The van der Waals surface area contributed by atoms with Gasteiger partial charge in [0.15, 0.2) is 0 Å². The van der Waals surface area contributed by atoms with Crippen molar-refractivity contribution in [3.05, 3.63) is 60.6 Å². The highest BCUT2D eigenvalue weighted by molar-refractivity contribution is 14.1. The fraction of sp³-hybridized carbons (Fsp3) is 0.158. The molecule has 0 aliphatic rings. The minimum absolute atomic E-state index is 0.0359. The van der Waals surface area contributed by atoms with Crippen LogP contribution in [0.4, 0.5) is 5.69 Å². The van der Waals surface area contributed by atoms with Gasteiger partial charge in [-0.2, -0.15) is 5.26 Å². The fourth-order valence-corrected chi connectivity index (χ4v) is 4.11. The zero-order valence-corrected chi connectivity index (χ0v) is 17.7. The first-order chi connectivity index (χ1) is 11.8. The van der Waals surface area contributed by atoms with Gasteiger partial charge in [0.2, 0.25) is 0 Å². The first-order valence-corrected chi connectivity index (χ1v) is 9.26. The quantitative estimate of drug-likeness (QED) is 0.348. The van der Waals surface area contributed by atoms with Crippen molar-refractivity contribution in [3.8, 4) is 11.8 Å². The number of methoxy groups -OCH3 is 1. The van der Waals surface area contributed by atoms with Crippen LogP contribution < -0.4 is 10.1 Å². The Kier molecular flexibility index (Phi) is 6.62. The van der Waals surface area contributed by atoms with Crippen LogP contribution in [-0.2, 0) is 4.79 Å². The molecule has 0 atom stereocenters. The normalized spacial score (nSPS) is 11.0. The molecule has 0 saturated heterocycles. The van der Waals surface area contributed by atoms with Gasteiger partial charge in [0.1, 0.15) is 17.4 Å². The molecule has 0 bridgehead atoms. The molecule has 0 spiro atoms. The maximum Gasteiger partial charge on any atom is 0.266 e. The molecule has 2 aromatic carbocycles. The summed E-state index contributed by atoms with van der Waals surface area (Å²) in [7, 11) is 1.59. The molecule has 4 nitrogen and oxygen atoms in total. The molecule has 0 aromatic heterocycles. The lowest BCUT2D eigenvalue weighted by atomic mass is 10.1. The zero-order chi connectivity index (χ0) is 18.6. The van der Waals surface area contributed by atoms with Gasteiger partial charge in [0, 0.05) is 5.69 Å². The number of anilines is 1. The molecule has 1 N–H and O–H groups in total. The Hall–Kier alpha value is -1.85. The second-order valence-electron chi connectivity index (χ2n) is 5.46. The molecule has 0 fully saturated rings. The Balaban J connectivity index is 2.33. The standard InChI is InChI=1S/C19H16BrIN2O2/c1-11-4-5-12(2)17(6-11)23-19(24)14(10-22)7-13-8-15(20)18(25-3)16(21)9-13/h4-9H,1-3H3,(H,23,24)/b14-7+. The molecule has 0 aliphatic carbocycles. The van der Waals surface area contributed by atoms with E-state index in [2.05, 4.69) is 43.8 Å². The summed E-state index contributed by atoms with van der Waals surface area (Å²) in [6.07, 6.45) is 1.56. The number of halogens is 2. The van der Waals surface area contributed by atoms with Crippen molar-refractivity contribution < 1.29 is 9.53 Å². The number of aryl methyl sites for hydroxylation is 2. The summed E-state index contributed by atoms with van der Waals surface area (Å²) in [5, 5.41) is 12.2. The average molecular weight is 511 g/mol. The first-order valence-electron chi connectivity index (χ1n) is 7.39. The summed E-state index contributed by atoms with van der Waals surface area (Å²) in [5.41, 5.74) is 3.46. The highest BCUT2D eigenvalue weighted by Gasteiger charge is 2.13. The first kappa shape index (κ1) is 19.5. The molecular formula is C19H16BrIN2O2. The van der Waals surface area contributed by atoms with Crippen molar-refractivity contribution >= 4 is 56.2 Å². The van der Waals surface area contributed by atoms with Gasteiger partial charge in [-0.25, -0.2) is 0 Å². The van der Waals surface area contributed by atoms with Crippen molar-refractivity contribution in [1.82, 2.24) is 0 Å². The molecule has 0 radical (unpaired) electrons. The number of hydrogen-bond donors (Lipinski definition) is 1. The van der Waals surface area contributed by atoms with E-state index in [4.69, 9.17) is 4.74 Å². The van der Waals surface area contributed by atoms with Crippen molar-refractivity contribution in [1.29, 1.82) is 5.26 Å². The number of nitrogens with zero attached hydrogens (tertiary/aromatic N) is 1. The van der Waals surface area contributed by atoms with Gasteiger partial charge >= 0.3 is 0 Å². The molecule has 2 rings (SSSR count). The van der Waals surface area contributed by atoms with E-state index in [-0.39, 0.29) is 5.57 Å². The van der Waals surface area contributed by atoms with E-state index >= 15 is 0 Å². The largest absolute Gasteiger partial charge is 0.494 e. The minimum atomic E-state index is -0.432. The number of nitriles is 1. The van der Waals surface area contributed by atoms with Gasteiger partial charge in [-0.1, -0.05) is 12.1 Å². The number of rotatable bonds is 4. The smallest absolute Gasteiger partial charge is 0.266 e. The van der Waals surface area contributed by atoms with Gasteiger partial charge in [-0.05, 0) is 93.3 Å². The predicted octanol–water partition coefficient (Wildman–Crippen LogP) is 5.22. The second kappa shape index (κ2) is 8.50. The Morgan fingerprint density at radius 2 is 2.04 bits per heavy atom. The predicted molar refractivity (Wildman–Crippen MR) is 112 cm³/mol. The molecule has 25 heavy (non-hydrogen) atoms. The number of benzene rings is 2. The van der Waals surface area contributed by atoms with Crippen LogP contribution in [0, 0.1) is 28.7 Å². The number of carbonyl (C=O) groups is 1. The number of ether oxygens (including phenoxy) is 1. The Bertz CT molecular complexity index is 878. The van der Waals surface area contributed by atoms with Gasteiger partial charge in [-0.15, -0.1) is 0 Å². The van der Waals surface area contributed by atoms with Crippen LogP contribution in [0.1, 0.15) is 16.7 Å². The Morgan fingerprint density at radius 1 is 1.32 bits per heavy atom. The molecule has 0 aliphatic heterocycles. The summed E-state index contributed by atoms with van der Waals surface area (Å²) >= 11 is 5.58. The highest BCUT2D eigenvalue weighted by atomic mass is 127. The van der Waals surface area contributed by atoms with Crippen LogP contribution in [0.15, 0.2) is 40.4 Å². The maximum atomic E-state index is 12.5. The second-order valence-corrected chi connectivity index (χ2v) is 7.48. The van der Waals surface area contributed by atoms with E-state index < -0.39 is 5.91 Å².